The van der Waals surface area contributed by atoms with Crippen LogP contribution in [0.4, 0.5) is 0 Å². The lowest BCUT2D eigenvalue weighted by atomic mass is 10.2. The molecule has 1 atom stereocenters. The van der Waals surface area contributed by atoms with E-state index in [0.717, 1.165) is 17.4 Å². The van der Waals surface area contributed by atoms with Gasteiger partial charge in [0, 0.05) is 20.1 Å². The van der Waals surface area contributed by atoms with Crippen LogP contribution in [0.15, 0.2) is 15.9 Å². The molecule has 140 valence electrons. The molecule has 1 fully saturated rings. The van der Waals surface area contributed by atoms with Crippen LogP contribution in [-0.4, -0.2) is 43.2 Å². The maximum atomic E-state index is 12.3. The number of esters is 1. The summed E-state index contributed by atoms with van der Waals surface area (Å²) in [5, 5.41) is 2.79. The molecule has 0 aromatic carbocycles. The van der Waals surface area contributed by atoms with Gasteiger partial charge in [-0.25, -0.2) is 9.78 Å². The number of aromatic nitrogens is 4. The van der Waals surface area contributed by atoms with E-state index in [9.17, 15) is 19.2 Å². The van der Waals surface area contributed by atoms with E-state index >= 15 is 0 Å². The summed E-state index contributed by atoms with van der Waals surface area (Å²) in [5.41, 5.74) is -0.749. The number of nitrogens with zero attached hydrogens (tertiary/aromatic N) is 4. The number of aryl methyl sites for hydroxylation is 1. The first-order valence-corrected chi connectivity index (χ1v) is 8.35. The van der Waals surface area contributed by atoms with Gasteiger partial charge in [-0.3, -0.25) is 23.5 Å². The monoisotopic (exact) mass is 363 g/mol. The second-order valence-corrected chi connectivity index (χ2v) is 6.60. The Labute approximate surface area is 148 Å². The molecule has 1 amide bonds. The number of hydrogen-bond acceptors (Lipinski definition) is 6. The Hall–Kier alpha value is -2.91. The zero-order valence-corrected chi connectivity index (χ0v) is 14.9. The number of amides is 1. The van der Waals surface area contributed by atoms with Crippen LogP contribution in [0.1, 0.15) is 19.8 Å². The Kier molecular flexibility index (Phi) is 4.66. The van der Waals surface area contributed by atoms with E-state index in [2.05, 4.69) is 10.3 Å². The highest BCUT2D eigenvalue weighted by atomic mass is 16.5. The third kappa shape index (κ3) is 3.39. The normalized spacial score (nSPS) is 15.0. The fraction of sp³-hybridized carbons (Fsp3) is 0.562. The Balaban J connectivity index is 1.67. The molecule has 10 heteroatoms. The van der Waals surface area contributed by atoms with E-state index in [-0.39, 0.29) is 36.3 Å². The number of carbonyl (C=O) groups is 2. The van der Waals surface area contributed by atoms with E-state index in [0.29, 0.717) is 5.92 Å². The van der Waals surface area contributed by atoms with Gasteiger partial charge in [0.15, 0.2) is 17.8 Å². The smallest absolute Gasteiger partial charge is 0.332 e. The fourth-order valence-corrected chi connectivity index (χ4v) is 2.86. The van der Waals surface area contributed by atoms with E-state index < -0.39 is 17.2 Å². The van der Waals surface area contributed by atoms with Gasteiger partial charge in [-0.15, -0.1) is 0 Å². The second-order valence-electron chi connectivity index (χ2n) is 6.60. The van der Waals surface area contributed by atoms with Gasteiger partial charge in [-0.05, 0) is 25.7 Å². The van der Waals surface area contributed by atoms with Crippen LogP contribution in [0.5, 0.6) is 0 Å². The third-order valence-corrected chi connectivity index (χ3v) is 4.60. The Morgan fingerprint density at radius 3 is 2.65 bits per heavy atom. The van der Waals surface area contributed by atoms with Crippen molar-refractivity contribution in [3.8, 4) is 0 Å². The van der Waals surface area contributed by atoms with Crippen LogP contribution in [0.25, 0.3) is 11.2 Å². The van der Waals surface area contributed by atoms with Crippen LogP contribution in [-0.2, 0) is 35.0 Å². The fourth-order valence-electron chi connectivity index (χ4n) is 2.86. The average molecular weight is 363 g/mol. The van der Waals surface area contributed by atoms with E-state index in [1.54, 1.807) is 0 Å². The van der Waals surface area contributed by atoms with E-state index in [1.807, 2.05) is 6.92 Å². The first-order chi connectivity index (χ1) is 12.3. The Morgan fingerprint density at radius 2 is 2.00 bits per heavy atom. The van der Waals surface area contributed by atoms with Gasteiger partial charge in [0.2, 0.25) is 0 Å². The highest BCUT2D eigenvalue weighted by Gasteiger charge is 2.29. The highest BCUT2D eigenvalue weighted by molar-refractivity contribution is 5.81. The van der Waals surface area contributed by atoms with Crippen molar-refractivity contribution in [2.24, 2.45) is 20.0 Å². The van der Waals surface area contributed by atoms with Gasteiger partial charge in [0.05, 0.1) is 6.33 Å². The maximum absolute atomic E-state index is 12.3. The van der Waals surface area contributed by atoms with E-state index in [1.165, 1.54) is 29.6 Å². The molecule has 0 unspecified atom stereocenters. The summed E-state index contributed by atoms with van der Waals surface area (Å²) in [7, 11) is 2.84. The largest absolute Gasteiger partial charge is 0.454 e. The molecule has 1 aliphatic carbocycles. The molecule has 0 radical (unpaired) electrons. The molecule has 2 heterocycles. The lowest BCUT2D eigenvalue weighted by Gasteiger charge is -2.13. The number of ether oxygens (including phenoxy) is 1. The number of imidazole rings is 1. The minimum atomic E-state index is -0.672. The van der Waals surface area contributed by atoms with Crippen molar-refractivity contribution in [1.82, 2.24) is 24.0 Å². The van der Waals surface area contributed by atoms with Crippen molar-refractivity contribution in [2.75, 3.05) is 6.61 Å². The topological polar surface area (TPSA) is 117 Å². The van der Waals surface area contributed by atoms with Crippen molar-refractivity contribution < 1.29 is 14.3 Å². The summed E-state index contributed by atoms with van der Waals surface area (Å²) in [6.07, 6.45) is 3.50. The average Bonchev–Trinajstić information content (AvgIpc) is 3.37. The number of fused-ring (bicyclic) bond motifs is 1. The number of carbonyl (C=O) groups excluding carboxylic acids is 2. The zero-order valence-electron chi connectivity index (χ0n) is 14.9. The third-order valence-electron chi connectivity index (χ3n) is 4.60. The molecule has 0 bridgehead atoms. The van der Waals surface area contributed by atoms with Gasteiger partial charge in [-0.2, -0.15) is 0 Å². The van der Waals surface area contributed by atoms with E-state index in [4.69, 9.17) is 4.74 Å². The lowest BCUT2D eigenvalue weighted by molar-refractivity contribution is -0.149. The first-order valence-electron chi connectivity index (χ1n) is 8.35. The molecular weight excluding hydrogens is 342 g/mol. The first kappa shape index (κ1) is 17.9. The number of hydrogen-bond donors (Lipinski definition) is 1. The second kappa shape index (κ2) is 6.77. The molecule has 0 aliphatic heterocycles. The standard InChI is InChI=1S/C16H21N5O5/c1-9(10-4-5-10)18-11(22)7-26-12(23)6-21-8-17-14-13(21)15(24)20(3)16(25)19(14)2/h8-10H,4-7H2,1-3H3,(H,18,22)/t9-/m0/s1. The Morgan fingerprint density at radius 1 is 1.31 bits per heavy atom. The van der Waals surface area contributed by atoms with Crippen molar-refractivity contribution in [3.05, 3.63) is 27.2 Å². The summed E-state index contributed by atoms with van der Waals surface area (Å²) in [6, 6.07) is 0.0723. The molecule has 2 aromatic rings. The number of rotatable bonds is 6. The quantitative estimate of drug-likeness (QED) is 0.651. The SMILES string of the molecule is C[C@H](NC(=O)COC(=O)Cn1cnc2c1c(=O)n(C)c(=O)n2C)C1CC1. The van der Waals surface area contributed by atoms with Crippen LogP contribution in [0, 0.1) is 5.92 Å². The van der Waals surface area contributed by atoms with Gasteiger partial charge < -0.3 is 14.6 Å². The summed E-state index contributed by atoms with van der Waals surface area (Å²) in [4.78, 5) is 52.0. The molecule has 3 rings (SSSR count). The summed E-state index contributed by atoms with van der Waals surface area (Å²) < 4.78 is 8.45. The molecule has 10 nitrogen and oxygen atoms in total. The molecule has 0 saturated heterocycles. The minimum Gasteiger partial charge on any atom is -0.454 e. The zero-order chi connectivity index (χ0) is 19.0. The maximum Gasteiger partial charge on any atom is 0.332 e. The van der Waals surface area contributed by atoms with Gasteiger partial charge in [0.1, 0.15) is 6.54 Å². The summed E-state index contributed by atoms with van der Waals surface area (Å²) in [6.45, 7) is 1.27. The van der Waals surface area contributed by atoms with Crippen molar-refractivity contribution >= 4 is 23.0 Å². The molecule has 1 N–H and O–H groups in total. The van der Waals surface area contributed by atoms with Crippen molar-refractivity contribution in [1.29, 1.82) is 0 Å². The number of nitrogens with one attached hydrogen (secondary N) is 1. The molecule has 1 aliphatic rings. The van der Waals surface area contributed by atoms with Gasteiger partial charge in [0.25, 0.3) is 11.5 Å². The van der Waals surface area contributed by atoms with Gasteiger partial charge in [-0.1, -0.05) is 0 Å². The predicted molar refractivity (Wildman–Crippen MR) is 91.5 cm³/mol. The predicted octanol–water partition coefficient (Wildman–Crippen LogP) is -1.11. The lowest BCUT2D eigenvalue weighted by Crippen LogP contribution is -2.38. The Bertz CT molecular complexity index is 981. The van der Waals surface area contributed by atoms with Crippen LogP contribution in [0.2, 0.25) is 0 Å². The molecule has 1 saturated carbocycles. The van der Waals surface area contributed by atoms with Crippen LogP contribution < -0.4 is 16.6 Å². The summed E-state index contributed by atoms with van der Waals surface area (Å²) in [5.74, 6) is -0.518. The van der Waals surface area contributed by atoms with Crippen molar-refractivity contribution in [2.45, 2.75) is 32.4 Å². The highest BCUT2D eigenvalue weighted by Crippen LogP contribution is 2.32. The van der Waals surface area contributed by atoms with Crippen molar-refractivity contribution in [3.63, 3.8) is 0 Å². The summed E-state index contributed by atoms with van der Waals surface area (Å²) >= 11 is 0. The molecule has 2 aromatic heterocycles. The minimum absolute atomic E-state index is 0.0723. The molecule has 26 heavy (non-hydrogen) atoms. The van der Waals surface area contributed by atoms with Gasteiger partial charge >= 0.3 is 11.7 Å². The van der Waals surface area contributed by atoms with Crippen LogP contribution in [0.3, 0.4) is 0 Å². The molecule has 0 spiro atoms. The molecular formula is C16H21N5O5. The van der Waals surface area contributed by atoms with Crippen LogP contribution >= 0.6 is 0 Å².